The van der Waals surface area contributed by atoms with Gasteiger partial charge in [-0.1, -0.05) is 26.0 Å². The monoisotopic (exact) mass is 361 g/mol. The number of aliphatic hydroxyl groups excluding tert-OH is 1. The molecule has 0 aliphatic carbocycles. The highest BCUT2D eigenvalue weighted by Crippen LogP contribution is 2.24. The molecule has 1 aliphatic rings. The van der Waals surface area contributed by atoms with Gasteiger partial charge < -0.3 is 20.6 Å². The molecule has 3 atom stereocenters. The van der Waals surface area contributed by atoms with Crippen LogP contribution in [0, 0.1) is 11.8 Å². The second-order valence-electron chi connectivity index (χ2n) is 7.21. The van der Waals surface area contributed by atoms with Gasteiger partial charge in [0.05, 0.1) is 17.4 Å². The molecular formula is C19H27N3O4. The molecule has 142 valence electrons. The molecule has 3 amide bonds. The van der Waals surface area contributed by atoms with Crippen molar-refractivity contribution in [2.75, 3.05) is 25.0 Å². The van der Waals surface area contributed by atoms with Gasteiger partial charge in [0, 0.05) is 19.6 Å². The van der Waals surface area contributed by atoms with Crippen molar-refractivity contribution < 1.29 is 19.5 Å². The minimum Gasteiger partial charge on any atom is -0.392 e. The molecule has 1 fully saturated rings. The Kier molecular flexibility index (Phi) is 6.74. The zero-order valence-electron chi connectivity index (χ0n) is 15.5. The summed E-state index contributed by atoms with van der Waals surface area (Å²) >= 11 is 0. The van der Waals surface area contributed by atoms with Crippen LogP contribution >= 0.6 is 0 Å². The molecule has 1 aliphatic heterocycles. The Hall–Kier alpha value is -2.41. The first-order chi connectivity index (χ1) is 12.3. The molecule has 0 spiro atoms. The van der Waals surface area contributed by atoms with Crippen LogP contribution in [0.2, 0.25) is 0 Å². The van der Waals surface area contributed by atoms with Crippen LogP contribution < -0.4 is 10.6 Å². The molecule has 2 rings (SSSR count). The van der Waals surface area contributed by atoms with Crippen LogP contribution in [-0.2, 0) is 9.59 Å². The minimum atomic E-state index is -0.869. The summed E-state index contributed by atoms with van der Waals surface area (Å²) in [7, 11) is 0. The van der Waals surface area contributed by atoms with E-state index < -0.39 is 17.9 Å². The van der Waals surface area contributed by atoms with Gasteiger partial charge >= 0.3 is 11.8 Å². The lowest BCUT2D eigenvalue weighted by Gasteiger charge is -2.35. The molecule has 7 nitrogen and oxygen atoms in total. The van der Waals surface area contributed by atoms with E-state index in [2.05, 4.69) is 24.5 Å². The summed E-state index contributed by atoms with van der Waals surface area (Å²) in [5.41, 5.74) is 0.672. The largest absolute Gasteiger partial charge is 0.392 e. The average molecular weight is 361 g/mol. The number of likely N-dealkylation sites (tertiary alicyclic amines) is 1. The number of aliphatic hydroxyl groups is 1. The lowest BCUT2D eigenvalue weighted by atomic mass is 9.91. The number of nitrogens with one attached hydrogen (secondary N) is 2. The number of anilines is 1. The molecule has 3 unspecified atom stereocenters. The minimum absolute atomic E-state index is 0.0175. The zero-order chi connectivity index (χ0) is 19.3. The molecule has 1 heterocycles. The van der Waals surface area contributed by atoms with Gasteiger partial charge in [-0.25, -0.2) is 0 Å². The number of hydrogen-bond acceptors (Lipinski definition) is 4. The number of piperidine rings is 1. The van der Waals surface area contributed by atoms with Crippen LogP contribution in [0.3, 0.4) is 0 Å². The number of carbonyl (C=O) groups excluding carboxylic acids is 3. The van der Waals surface area contributed by atoms with Crippen molar-refractivity contribution >= 4 is 23.4 Å². The lowest BCUT2D eigenvalue weighted by Crippen LogP contribution is -2.43. The predicted octanol–water partition coefficient (Wildman–Crippen LogP) is 1.24. The third-order valence-corrected chi connectivity index (χ3v) is 4.33. The number of benzene rings is 1. The SMILES string of the molecule is CC(O)CNC(=O)C(=O)Nc1ccccc1C(=O)N1CC(C)CC(C)C1. The van der Waals surface area contributed by atoms with E-state index in [0.29, 0.717) is 36.2 Å². The molecule has 26 heavy (non-hydrogen) atoms. The molecule has 1 aromatic carbocycles. The Labute approximate surface area is 153 Å². The standard InChI is InChI=1S/C19H27N3O4/c1-12-8-13(2)11-22(10-12)19(26)15-6-4-5-7-16(15)21-18(25)17(24)20-9-14(3)23/h4-7,12-14,23H,8-11H2,1-3H3,(H,20,24)(H,21,25). The van der Waals surface area contributed by atoms with Crippen LogP contribution in [0.25, 0.3) is 0 Å². The van der Waals surface area contributed by atoms with Gasteiger partial charge in [-0.2, -0.15) is 0 Å². The van der Waals surface area contributed by atoms with Gasteiger partial charge in [0.15, 0.2) is 0 Å². The maximum atomic E-state index is 12.9. The summed E-state index contributed by atoms with van der Waals surface area (Å²) < 4.78 is 0. The van der Waals surface area contributed by atoms with Gasteiger partial charge in [-0.15, -0.1) is 0 Å². The second-order valence-corrected chi connectivity index (χ2v) is 7.21. The van der Waals surface area contributed by atoms with Crippen LogP contribution in [0.4, 0.5) is 5.69 Å². The van der Waals surface area contributed by atoms with E-state index in [1.165, 1.54) is 6.92 Å². The van der Waals surface area contributed by atoms with E-state index in [9.17, 15) is 19.5 Å². The van der Waals surface area contributed by atoms with E-state index in [1.54, 1.807) is 29.2 Å². The fraction of sp³-hybridized carbons (Fsp3) is 0.526. The summed E-state index contributed by atoms with van der Waals surface area (Å²) in [5, 5.41) is 14.0. The summed E-state index contributed by atoms with van der Waals surface area (Å²) in [6.45, 7) is 7.09. The molecule has 3 N–H and O–H groups in total. The van der Waals surface area contributed by atoms with Crippen molar-refractivity contribution in [2.45, 2.75) is 33.3 Å². The molecule has 0 saturated carbocycles. The molecule has 1 saturated heterocycles. The first-order valence-electron chi connectivity index (χ1n) is 8.93. The topological polar surface area (TPSA) is 98.7 Å². The number of nitrogens with zero attached hydrogens (tertiary/aromatic N) is 1. The van der Waals surface area contributed by atoms with Crippen LogP contribution in [0.5, 0.6) is 0 Å². The number of amides is 3. The summed E-state index contributed by atoms with van der Waals surface area (Å²) in [4.78, 5) is 38.6. The fourth-order valence-electron chi connectivity index (χ4n) is 3.28. The highest BCUT2D eigenvalue weighted by Gasteiger charge is 2.28. The average Bonchev–Trinajstić information content (AvgIpc) is 2.58. The predicted molar refractivity (Wildman–Crippen MR) is 98.6 cm³/mol. The lowest BCUT2D eigenvalue weighted by molar-refractivity contribution is -0.136. The van der Waals surface area contributed by atoms with Crippen molar-refractivity contribution in [3.05, 3.63) is 29.8 Å². The van der Waals surface area contributed by atoms with E-state index in [0.717, 1.165) is 6.42 Å². The molecule has 1 aromatic rings. The van der Waals surface area contributed by atoms with Crippen LogP contribution in [0.1, 0.15) is 37.6 Å². The Morgan fingerprint density at radius 2 is 1.77 bits per heavy atom. The normalized spacial score (nSPS) is 21.0. The summed E-state index contributed by atoms with van der Waals surface area (Å²) in [6.07, 6.45) is 0.342. The van der Waals surface area contributed by atoms with Gasteiger partial charge in [-0.05, 0) is 37.3 Å². The van der Waals surface area contributed by atoms with Gasteiger partial charge in [0.1, 0.15) is 0 Å². The third-order valence-electron chi connectivity index (χ3n) is 4.33. The molecule has 0 radical (unpaired) electrons. The Balaban J connectivity index is 2.10. The van der Waals surface area contributed by atoms with Crippen molar-refractivity contribution in [3.63, 3.8) is 0 Å². The number of hydrogen-bond donors (Lipinski definition) is 3. The molecule has 0 aromatic heterocycles. The van der Waals surface area contributed by atoms with Crippen molar-refractivity contribution in [2.24, 2.45) is 11.8 Å². The van der Waals surface area contributed by atoms with E-state index in [4.69, 9.17) is 0 Å². The smallest absolute Gasteiger partial charge is 0.313 e. The highest BCUT2D eigenvalue weighted by molar-refractivity contribution is 6.40. The maximum Gasteiger partial charge on any atom is 0.313 e. The van der Waals surface area contributed by atoms with E-state index in [1.807, 2.05) is 0 Å². The van der Waals surface area contributed by atoms with E-state index in [-0.39, 0.29) is 12.5 Å². The Morgan fingerprint density at radius 3 is 2.38 bits per heavy atom. The van der Waals surface area contributed by atoms with Gasteiger partial charge in [0.25, 0.3) is 5.91 Å². The van der Waals surface area contributed by atoms with Crippen molar-refractivity contribution in [1.82, 2.24) is 10.2 Å². The van der Waals surface area contributed by atoms with Crippen LogP contribution in [-0.4, -0.2) is 53.5 Å². The number of carbonyl (C=O) groups is 3. The van der Waals surface area contributed by atoms with Crippen molar-refractivity contribution in [3.8, 4) is 0 Å². The quantitative estimate of drug-likeness (QED) is 0.703. The molecule has 0 bridgehead atoms. The zero-order valence-corrected chi connectivity index (χ0v) is 15.5. The molecular weight excluding hydrogens is 334 g/mol. The summed E-state index contributed by atoms with van der Waals surface area (Å²) in [6, 6.07) is 6.67. The van der Waals surface area contributed by atoms with Gasteiger partial charge in [0.2, 0.25) is 0 Å². The Bertz CT molecular complexity index is 665. The second kappa shape index (κ2) is 8.80. The number of rotatable bonds is 4. The van der Waals surface area contributed by atoms with Gasteiger partial charge in [-0.3, -0.25) is 14.4 Å². The summed E-state index contributed by atoms with van der Waals surface area (Å²) in [5.74, 6) is -1.02. The molecule has 7 heteroatoms. The first kappa shape index (κ1) is 19.9. The van der Waals surface area contributed by atoms with E-state index >= 15 is 0 Å². The maximum absolute atomic E-state index is 12.9. The highest BCUT2D eigenvalue weighted by atomic mass is 16.3. The number of para-hydroxylation sites is 1. The van der Waals surface area contributed by atoms with Crippen LogP contribution in [0.15, 0.2) is 24.3 Å². The third kappa shape index (κ3) is 5.29. The first-order valence-corrected chi connectivity index (χ1v) is 8.93. The Morgan fingerprint density at radius 1 is 1.15 bits per heavy atom. The fourth-order valence-corrected chi connectivity index (χ4v) is 3.28. The van der Waals surface area contributed by atoms with Crippen molar-refractivity contribution in [1.29, 1.82) is 0 Å².